The van der Waals surface area contributed by atoms with E-state index >= 15 is 0 Å². The largest absolute Gasteiger partial charge is 0.466 e. The van der Waals surface area contributed by atoms with Crippen LogP contribution in [0, 0.1) is 0 Å². The summed E-state index contributed by atoms with van der Waals surface area (Å²) in [5, 5.41) is 11.5. The normalized spacial score (nSPS) is 11.7. The number of amides is 1. The van der Waals surface area contributed by atoms with Gasteiger partial charge in [0.1, 0.15) is 5.01 Å². The quantitative estimate of drug-likeness (QED) is 0.788. The molecule has 0 fully saturated rings. The zero-order valence-corrected chi connectivity index (χ0v) is 13.9. The van der Waals surface area contributed by atoms with Crippen LogP contribution in [0.15, 0.2) is 30.3 Å². The van der Waals surface area contributed by atoms with Crippen molar-refractivity contribution in [1.82, 2.24) is 10.2 Å². The first-order valence-corrected chi connectivity index (χ1v) is 8.29. The Morgan fingerprint density at radius 2 is 1.96 bits per heavy atom. The van der Waals surface area contributed by atoms with Gasteiger partial charge in [-0.1, -0.05) is 48.6 Å². The van der Waals surface area contributed by atoms with Crippen molar-refractivity contribution < 1.29 is 14.3 Å². The minimum atomic E-state index is -0.350. The van der Waals surface area contributed by atoms with Crippen LogP contribution in [0.2, 0.25) is 0 Å². The van der Waals surface area contributed by atoms with E-state index in [9.17, 15) is 9.59 Å². The highest BCUT2D eigenvalue weighted by molar-refractivity contribution is 7.15. The van der Waals surface area contributed by atoms with Gasteiger partial charge in [0.2, 0.25) is 11.0 Å². The van der Waals surface area contributed by atoms with Crippen molar-refractivity contribution in [3.8, 4) is 0 Å². The van der Waals surface area contributed by atoms with Crippen LogP contribution in [0.1, 0.15) is 36.8 Å². The van der Waals surface area contributed by atoms with E-state index in [1.54, 1.807) is 6.92 Å². The van der Waals surface area contributed by atoms with E-state index in [0.29, 0.717) is 23.2 Å². The summed E-state index contributed by atoms with van der Waals surface area (Å²) < 4.78 is 4.86. The second kappa shape index (κ2) is 8.38. The molecule has 0 aliphatic heterocycles. The average Bonchev–Trinajstić information content (AvgIpc) is 2.96. The summed E-state index contributed by atoms with van der Waals surface area (Å²) >= 11 is 1.18. The lowest BCUT2D eigenvalue weighted by Gasteiger charge is -2.13. The molecule has 1 atom stereocenters. The highest BCUT2D eigenvalue weighted by atomic mass is 32.1. The topological polar surface area (TPSA) is 81.2 Å². The molecule has 0 bridgehead atoms. The number of carbonyl (C=O) groups is 2. The third-order valence-electron chi connectivity index (χ3n) is 3.22. The molecule has 0 saturated heterocycles. The summed E-state index contributed by atoms with van der Waals surface area (Å²) in [6.45, 7) is 4.04. The molecule has 1 unspecified atom stereocenters. The zero-order chi connectivity index (χ0) is 16.7. The van der Waals surface area contributed by atoms with E-state index in [1.807, 2.05) is 37.3 Å². The molecule has 0 radical (unpaired) electrons. The van der Waals surface area contributed by atoms with Gasteiger partial charge in [0, 0.05) is 0 Å². The summed E-state index contributed by atoms with van der Waals surface area (Å²) in [5.41, 5.74) is 0.962. The molecule has 1 amide bonds. The molecule has 0 saturated carbocycles. The first-order chi connectivity index (χ1) is 11.1. The van der Waals surface area contributed by atoms with Crippen LogP contribution < -0.4 is 5.32 Å². The second-order valence-corrected chi connectivity index (χ2v) is 5.91. The minimum absolute atomic E-state index is 0.0667. The number of ether oxygens (including phenoxy) is 1. The van der Waals surface area contributed by atoms with Gasteiger partial charge >= 0.3 is 5.97 Å². The number of anilines is 1. The van der Waals surface area contributed by atoms with Gasteiger partial charge in [-0.3, -0.25) is 14.9 Å². The lowest BCUT2D eigenvalue weighted by molar-refractivity contribution is -0.142. The van der Waals surface area contributed by atoms with Crippen LogP contribution >= 0.6 is 11.3 Å². The number of hydrogen-bond acceptors (Lipinski definition) is 6. The first-order valence-electron chi connectivity index (χ1n) is 7.47. The van der Waals surface area contributed by atoms with E-state index in [2.05, 4.69) is 15.5 Å². The number of carbonyl (C=O) groups excluding carboxylic acids is 2. The Kier molecular flexibility index (Phi) is 6.22. The molecule has 0 aliphatic rings. The fourth-order valence-corrected chi connectivity index (χ4v) is 2.89. The van der Waals surface area contributed by atoms with Crippen molar-refractivity contribution in [2.24, 2.45) is 0 Å². The summed E-state index contributed by atoms with van der Waals surface area (Å²) in [6, 6.07) is 9.60. The predicted molar refractivity (Wildman–Crippen MR) is 88.3 cm³/mol. The van der Waals surface area contributed by atoms with Gasteiger partial charge in [0.15, 0.2) is 0 Å². The summed E-state index contributed by atoms with van der Waals surface area (Å²) in [6.07, 6.45) is 0.752. The van der Waals surface area contributed by atoms with Gasteiger partial charge in [-0.2, -0.15) is 0 Å². The van der Waals surface area contributed by atoms with E-state index in [0.717, 1.165) is 5.56 Å². The van der Waals surface area contributed by atoms with Crippen molar-refractivity contribution in [3.63, 3.8) is 0 Å². The van der Waals surface area contributed by atoms with Crippen molar-refractivity contribution in [2.75, 3.05) is 11.9 Å². The lowest BCUT2D eigenvalue weighted by atomic mass is 9.96. The first kappa shape index (κ1) is 17.1. The van der Waals surface area contributed by atoms with Crippen LogP contribution in [0.4, 0.5) is 5.13 Å². The maximum absolute atomic E-state index is 12.4. The summed E-state index contributed by atoms with van der Waals surface area (Å²) in [7, 11) is 0. The molecule has 23 heavy (non-hydrogen) atoms. The predicted octanol–water partition coefficient (Wildman–Crippen LogP) is 2.78. The van der Waals surface area contributed by atoms with E-state index < -0.39 is 0 Å². The molecular weight excluding hydrogens is 314 g/mol. The van der Waals surface area contributed by atoms with Gasteiger partial charge in [-0.05, 0) is 18.9 Å². The van der Waals surface area contributed by atoms with Crippen LogP contribution in [-0.4, -0.2) is 28.7 Å². The van der Waals surface area contributed by atoms with Crippen LogP contribution in [0.25, 0.3) is 0 Å². The molecule has 1 aromatic heterocycles. The Morgan fingerprint density at radius 3 is 2.61 bits per heavy atom. The molecular formula is C16H19N3O3S. The Morgan fingerprint density at radius 1 is 1.22 bits per heavy atom. The Bertz CT molecular complexity index is 658. The molecule has 1 N–H and O–H groups in total. The highest BCUT2D eigenvalue weighted by Crippen LogP contribution is 2.23. The number of esters is 1. The molecule has 7 heteroatoms. The molecule has 0 spiro atoms. The van der Waals surface area contributed by atoms with Gasteiger partial charge in [-0.15, -0.1) is 10.2 Å². The number of aromatic nitrogens is 2. The molecule has 1 aromatic carbocycles. The molecule has 0 aliphatic carbocycles. The van der Waals surface area contributed by atoms with Gasteiger partial charge < -0.3 is 4.74 Å². The van der Waals surface area contributed by atoms with Gasteiger partial charge in [0.25, 0.3) is 0 Å². The lowest BCUT2D eigenvalue weighted by Crippen LogP contribution is -2.20. The molecule has 122 valence electrons. The number of nitrogens with zero attached hydrogens (tertiary/aromatic N) is 2. The van der Waals surface area contributed by atoms with Gasteiger partial charge in [0.05, 0.1) is 18.9 Å². The van der Waals surface area contributed by atoms with Crippen LogP contribution in [-0.2, 0) is 20.7 Å². The minimum Gasteiger partial charge on any atom is -0.466 e. The van der Waals surface area contributed by atoms with Crippen LogP contribution in [0.3, 0.4) is 0 Å². The second-order valence-electron chi connectivity index (χ2n) is 4.84. The molecule has 6 nitrogen and oxygen atoms in total. The van der Waals surface area contributed by atoms with Crippen molar-refractivity contribution in [2.45, 2.75) is 32.6 Å². The third-order valence-corrected chi connectivity index (χ3v) is 4.06. The Balaban J connectivity index is 2.00. The maximum atomic E-state index is 12.4. The van der Waals surface area contributed by atoms with E-state index in [4.69, 9.17) is 4.74 Å². The number of benzene rings is 1. The molecule has 1 heterocycles. The monoisotopic (exact) mass is 333 g/mol. The smallest absolute Gasteiger partial charge is 0.312 e. The number of nitrogens with one attached hydrogen (secondary N) is 1. The fourth-order valence-electron chi connectivity index (χ4n) is 2.16. The average molecular weight is 333 g/mol. The Hall–Kier alpha value is -2.28. The van der Waals surface area contributed by atoms with Crippen molar-refractivity contribution >= 4 is 28.3 Å². The van der Waals surface area contributed by atoms with Crippen molar-refractivity contribution in [3.05, 3.63) is 40.9 Å². The van der Waals surface area contributed by atoms with E-state index in [1.165, 1.54) is 11.3 Å². The number of rotatable bonds is 7. The number of hydrogen-bond donors (Lipinski definition) is 1. The van der Waals surface area contributed by atoms with Crippen LogP contribution in [0.5, 0.6) is 0 Å². The Labute approximate surface area is 138 Å². The zero-order valence-electron chi connectivity index (χ0n) is 13.1. The standard InChI is InChI=1S/C16H19N3O3S/c1-3-12(11-8-6-5-7-9-11)15(21)17-16-19-18-13(23-16)10-14(20)22-4-2/h5-9,12H,3-4,10H2,1-2H3,(H,17,19,21). The summed E-state index contributed by atoms with van der Waals surface area (Å²) in [5.74, 6) is -0.719. The SMILES string of the molecule is CCOC(=O)Cc1nnc(NC(=O)C(CC)c2ccccc2)s1. The maximum Gasteiger partial charge on any atom is 0.312 e. The fraction of sp³-hybridized carbons (Fsp3) is 0.375. The van der Waals surface area contributed by atoms with Crippen molar-refractivity contribution in [1.29, 1.82) is 0 Å². The summed E-state index contributed by atoms with van der Waals surface area (Å²) in [4.78, 5) is 23.8. The van der Waals surface area contributed by atoms with E-state index in [-0.39, 0.29) is 24.2 Å². The highest BCUT2D eigenvalue weighted by Gasteiger charge is 2.20. The molecule has 2 aromatic rings. The third kappa shape index (κ3) is 4.85. The van der Waals surface area contributed by atoms with Gasteiger partial charge in [-0.25, -0.2) is 0 Å². The molecule has 2 rings (SSSR count).